The van der Waals surface area contributed by atoms with E-state index in [4.69, 9.17) is 33.0 Å². The smallest absolute Gasteiger partial charge is 0.310 e. The lowest BCUT2D eigenvalue weighted by atomic mass is 10.0. The van der Waals surface area contributed by atoms with E-state index in [0.717, 1.165) is 5.56 Å². The van der Waals surface area contributed by atoms with Gasteiger partial charge >= 0.3 is 5.97 Å². The maximum absolute atomic E-state index is 11.1. The van der Waals surface area contributed by atoms with E-state index in [2.05, 4.69) is 0 Å². The third-order valence-electron chi connectivity index (χ3n) is 3.40. The summed E-state index contributed by atoms with van der Waals surface area (Å²) in [5.74, 6) is -1.34. The average molecular weight is 304 g/mol. The lowest BCUT2D eigenvalue weighted by molar-refractivity contribution is -0.143. The molecule has 1 saturated heterocycles. The van der Waals surface area contributed by atoms with Crippen molar-refractivity contribution in [2.75, 3.05) is 20.3 Å². The number of aliphatic carboxylic acids is 1. The second-order valence-electron chi connectivity index (χ2n) is 4.66. The van der Waals surface area contributed by atoms with Gasteiger partial charge in [0.1, 0.15) is 0 Å². The quantitative estimate of drug-likeness (QED) is 0.928. The average Bonchev–Trinajstić information content (AvgIpc) is 2.83. The van der Waals surface area contributed by atoms with Crippen molar-refractivity contribution in [2.24, 2.45) is 5.92 Å². The van der Waals surface area contributed by atoms with Crippen LogP contribution in [-0.4, -0.2) is 42.3 Å². The zero-order chi connectivity index (χ0) is 14.0. The highest BCUT2D eigenvalue weighted by Gasteiger charge is 2.36. The van der Waals surface area contributed by atoms with E-state index < -0.39 is 11.9 Å². The van der Waals surface area contributed by atoms with Crippen molar-refractivity contribution >= 4 is 29.2 Å². The summed E-state index contributed by atoms with van der Waals surface area (Å²) < 4.78 is 5.26. The standard InChI is InChI=1S/C13H15Cl2NO3/c1-16(12-7-19-6-9(12)13(17)18)5-8-10(14)3-2-4-11(8)15/h2-4,9,12H,5-7H2,1H3,(H,17,18). The molecule has 0 aromatic heterocycles. The van der Waals surface area contributed by atoms with Gasteiger partial charge in [-0.25, -0.2) is 0 Å². The molecule has 1 heterocycles. The first-order chi connectivity index (χ1) is 9.00. The summed E-state index contributed by atoms with van der Waals surface area (Å²) in [4.78, 5) is 13.1. The van der Waals surface area contributed by atoms with Gasteiger partial charge in [-0.05, 0) is 19.2 Å². The number of nitrogens with zero attached hydrogens (tertiary/aromatic N) is 1. The molecule has 6 heteroatoms. The fraction of sp³-hybridized carbons (Fsp3) is 0.462. The molecule has 2 atom stereocenters. The molecule has 104 valence electrons. The molecule has 1 N–H and O–H groups in total. The van der Waals surface area contributed by atoms with Gasteiger partial charge in [-0.2, -0.15) is 0 Å². The van der Waals surface area contributed by atoms with E-state index in [0.29, 0.717) is 23.2 Å². The number of carbonyl (C=O) groups is 1. The Morgan fingerprint density at radius 3 is 2.63 bits per heavy atom. The lowest BCUT2D eigenvalue weighted by Crippen LogP contribution is -2.40. The fourth-order valence-electron chi connectivity index (χ4n) is 2.26. The SMILES string of the molecule is CN(Cc1c(Cl)cccc1Cl)C1COCC1C(=O)O. The summed E-state index contributed by atoms with van der Waals surface area (Å²) in [5.41, 5.74) is 0.810. The summed E-state index contributed by atoms with van der Waals surface area (Å²) in [7, 11) is 1.86. The van der Waals surface area contributed by atoms with Crippen LogP contribution in [0.2, 0.25) is 10.0 Å². The Morgan fingerprint density at radius 2 is 2.05 bits per heavy atom. The number of rotatable bonds is 4. The molecule has 4 nitrogen and oxygen atoms in total. The van der Waals surface area contributed by atoms with Crippen molar-refractivity contribution in [3.05, 3.63) is 33.8 Å². The number of carboxylic acid groups (broad SMARTS) is 1. The molecule has 1 aliphatic rings. The minimum absolute atomic E-state index is 0.162. The van der Waals surface area contributed by atoms with E-state index in [-0.39, 0.29) is 12.6 Å². The van der Waals surface area contributed by atoms with E-state index >= 15 is 0 Å². The predicted octanol–water partition coefficient (Wildman–Crippen LogP) is 2.52. The number of ether oxygens (including phenoxy) is 1. The number of likely N-dealkylation sites (N-methyl/N-ethyl adjacent to an activating group) is 1. The van der Waals surface area contributed by atoms with E-state index in [1.165, 1.54) is 0 Å². The van der Waals surface area contributed by atoms with Gasteiger partial charge in [-0.3, -0.25) is 9.69 Å². The molecule has 0 amide bonds. The van der Waals surface area contributed by atoms with Crippen molar-refractivity contribution in [1.82, 2.24) is 4.90 Å². The minimum Gasteiger partial charge on any atom is -0.481 e. The second kappa shape index (κ2) is 6.09. The van der Waals surface area contributed by atoms with Gasteiger partial charge in [0.25, 0.3) is 0 Å². The highest BCUT2D eigenvalue weighted by molar-refractivity contribution is 6.35. The molecular formula is C13H15Cl2NO3. The lowest BCUT2D eigenvalue weighted by Gasteiger charge is -2.26. The third kappa shape index (κ3) is 3.20. The number of hydrogen-bond donors (Lipinski definition) is 1. The Kier molecular flexibility index (Phi) is 4.68. The van der Waals surface area contributed by atoms with Crippen LogP contribution < -0.4 is 0 Å². The fourth-order valence-corrected chi connectivity index (χ4v) is 2.78. The number of carboxylic acids is 1. The largest absolute Gasteiger partial charge is 0.481 e. The van der Waals surface area contributed by atoms with Crippen LogP contribution in [0.5, 0.6) is 0 Å². The van der Waals surface area contributed by atoms with Crippen LogP contribution in [0.15, 0.2) is 18.2 Å². The van der Waals surface area contributed by atoms with Crippen molar-refractivity contribution < 1.29 is 14.6 Å². The van der Waals surface area contributed by atoms with Crippen LogP contribution in [0, 0.1) is 5.92 Å². The summed E-state index contributed by atoms with van der Waals surface area (Å²) in [6.07, 6.45) is 0. The third-order valence-corrected chi connectivity index (χ3v) is 4.11. The first kappa shape index (κ1) is 14.6. The molecule has 0 bridgehead atoms. The van der Waals surface area contributed by atoms with Crippen molar-refractivity contribution in [2.45, 2.75) is 12.6 Å². The van der Waals surface area contributed by atoms with Crippen LogP contribution in [0.1, 0.15) is 5.56 Å². The Labute approximate surface area is 121 Å². The Morgan fingerprint density at radius 1 is 1.42 bits per heavy atom. The van der Waals surface area contributed by atoms with Crippen LogP contribution >= 0.6 is 23.2 Å². The van der Waals surface area contributed by atoms with Crippen molar-refractivity contribution in [3.63, 3.8) is 0 Å². The predicted molar refractivity (Wildman–Crippen MR) is 73.7 cm³/mol. The molecule has 1 aromatic rings. The van der Waals surface area contributed by atoms with Crippen LogP contribution in [-0.2, 0) is 16.1 Å². The molecule has 2 unspecified atom stereocenters. The monoisotopic (exact) mass is 303 g/mol. The normalized spacial score (nSPS) is 22.9. The van der Waals surface area contributed by atoms with Gasteiger partial charge < -0.3 is 9.84 Å². The summed E-state index contributed by atoms with van der Waals surface area (Å²) in [5, 5.41) is 10.3. The molecule has 1 fully saturated rings. The molecule has 0 spiro atoms. The van der Waals surface area contributed by atoms with Gasteiger partial charge in [0.05, 0.1) is 19.1 Å². The molecule has 1 aromatic carbocycles. The summed E-state index contributed by atoms with van der Waals surface area (Å²) in [6, 6.07) is 5.17. The maximum atomic E-state index is 11.1. The van der Waals surface area contributed by atoms with Gasteiger partial charge in [-0.1, -0.05) is 29.3 Å². The van der Waals surface area contributed by atoms with Crippen LogP contribution in [0.25, 0.3) is 0 Å². The Balaban J connectivity index is 2.13. The highest BCUT2D eigenvalue weighted by atomic mass is 35.5. The first-order valence-corrected chi connectivity index (χ1v) is 6.70. The summed E-state index contributed by atoms with van der Waals surface area (Å²) in [6.45, 7) is 1.16. The van der Waals surface area contributed by atoms with Gasteiger partial charge in [-0.15, -0.1) is 0 Å². The van der Waals surface area contributed by atoms with E-state index in [9.17, 15) is 4.79 Å². The molecule has 2 rings (SSSR count). The van der Waals surface area contributed by atoms with Crippen molar-refractivity contribution in [3.8, 4) is 0 Å². The minimum atomic E-state index is -0.834. The summed E-state index contributed by atoms with van der Waals surface area (Å²) >= 11 is 12.2. The first-order valence-electron chi connectivity index (χ1n) is 5.94. The molecule has 19 heavy (non-hydrogen) atoms. The van der Waals surface area contributed by atoms with Gasteiger partial charge in [0.2, 0.25) is 0 Å². The molecular weight excluding hydrogens is 289 g/mol. The number of benzene rings is 1. The van der Waals surface area contributed by atoms with Gasteiger partial charge in [0.15, 0.2) is 0 Å². The zero-order valence-electron chi connectivity index (χ0n) is 10.5. The maximum Gasteiger partial charge on any atom is 0.310 e. The molecule has 0 saturated carbocycles. The highest BCUT2D eigenvalue weighted by Crippen LogP contribution is 2.28. The second-order valence-corrected chi connectivity index (χ2v) is 5.48. The number of hydrogen-bond acceptors (Lipinski definition) is 3. The van der Waals surface area contributed by atoms with E-state index in [1.54, 1.807) is 18.2 Å². The van der Waals surface area contributed by atoms with Crippen LogP contribution in [0.3, 0.4) is 0 Å². The topological polar surface area (TPSA) is 49.8 Å². The number of halogens is 2. The van der Waals surface area contributed by atoms with Crippen molar-refractivity contribution in [1.29, 1.82) is 0 Å². The molecule has 0 radical (unpaired) electrons. The Hall–Kier alpha value is -0.810. The van der Waals surface area contributed by atoms with Crippen LogP contribution in [0.4, 0.5) is 0 Å². The molecule has 1 aliphatic heterocycles. The Bertz CT molecular complexity index is 461. The van der Waals surface area contributed by atoms with E-state index in [1.807, 2.05) is 11.9 Å². The molecule has 0 aliphatic carbocycles. The zero-order valence-corrected chi connectivity index (χ0v) is 12.0. The van der Waals surface area contributed by atoms with Gasteiger partial charge in [0, 0.05) is 28.2 Å².